The number of carboxylic acid groups (broad SMARTS) is 1. The van der Waals surface area contributed by atoms with E-state index in [0.29, 0.717) is 0 Å². The second kappa shape index (κ2) is 15.6. The van der Waals surface area contributed by atoms with Crippen LogP contribution in [0.2, 0.25) is 0 Å². The van der Waals surface area contributed by atoms with Crippen LogP contribution in [0.4, 0.5) is 0 Å². The van der Waals surface area contributed by atoms with Gasteiger partial charge in [-0.2, -0.15) is 0 Å². The minimum Gasteiger partial charge on any atom is -1.00 e. The van der Waals surface area contributed by atoms with Gasteiger partial charge < -0.3 is 18.9 Å². The van der Waals surface area contributed by atoms with E-state index in [4.69, 9.17) is 5.11 Å². The maximum Gasteiger partial charge on any atom is 2.00 e. The second-order valence-electron chi connectivity index (χ2n) is 0.747. The van der Waals surface area contributed by atoms with Crippen LogP contribution in [0, 0.1) is 0 Å². The van der Waals surface area contributed by atoms with Gasteiger partial charge in [0.05, 0.1) is 0 Å². The molecule has 0 unspecified atom stereocenters. The van der Waals surface area contributed by atoms with Crippen molar-refractivity contribution in [3.05, 3.63) is 0 Å². The van der Waals surface area contributed by atoms with Gasteiger partial charge in [-0.1, -0.05) is 6.92 Å². The number of rotatable bonds is 1. The van der Waals surface area contributed by atoms with Crippen LogP contribution in [0.25, 0.3) is 0 Å². The first kappa shape index (κ1) is 23.4. The van der Waals surface area contributed by atoms with Gasteiger partial charge >= 0.3 is 43.7 Å². The van der Waals surface area contributed by atoms with E-state index in [-0.39, 0.29) is 58.0 Å². The third kappa shape index (κ3) is 30.2. The molecule has 0 atom stereocenters. The van der Waals surface area contributed by atoms with Gasteiger partial charge in [0.15, 0.2) is 0 Å². The van der Waals surface area contributed by atoms with Crippen LogP contribution in [0.15, 0.2) is 0 Å². The number of carbonyl (C=O) groups is 1. The molecule has 0 aliphatic rings. The van der Waals surface area contributed by atoms with Crippen molar-refractivity contribution in [2.45, 2.75) is 13.3 Å². The SMILES string of the molecule is CCC(=O)O.O.O.[Ca+2].[H-].[H-]. The number of carboxylic acids is 1. The largest absolute Gasteiger partial charge is 2.00 e. The Bertz CT molecular complexity index is 53.8. The van der Waals surface area contributed by atoms with E-state index in [1.54, 1.807) is 6.92 Å². The van der Waals surface area contributed by atoms with Crippen molar-refractivity contribution in [2.24, 2.45) is 0 Å². The molecule has 5 heteroatoms. The Balaban J connectivity index is -0.00000000800. The molecule has 0 amide bonds. The fourth-order valence-electron chi connectivity index (χ4n) is 0. The topological polar surface area (TPSA) is 100 Å². The molecule has 0 aromatic rings. The third-order valence-corrected chi connectivity index (χ3v) is 0.302. The van der Waals surface area contributed by atoms with Gasteiger partial charge in [-0.25, -0.2) is 0 Å². The molecule has 0 aliphatic heterocycles. The fourth-order valence-corrected chi connectivity index (χ4v) is 0. The first-order valence-corrected chi connectivity index (χ1v) is 1.49. The molecule has 0 bridgehead atoms. The normalized spacial score (nSPS) is 4.62. The van der Waals surface area contributed by atoms with Crippen molar-refractivity contribution in [1.82, 2.24) is 0 Å². The van der Waals surface area contributed by atoms with Crippen molar-refractivity contribution >= 4 is 43.7 Å². The van der Waals surface area contributed by atoms with Gasteiger partial charge in [-0.05, 0) is 0 Å². The monoisotopic (exact) mass is 152 g/mol. The Morgan fingerprint density at radius 3 is 1.75 bits per heavy atom. The van der Waals surface area contributed by atoms with Crippen molar-refractivity contribution in [3.63, 3.8) is 0 Å². The minimum absolute atomic E-state index is 0. The molecule has 0 spiro atoms. The van der Waals surface area contributed by atoms with Crippen LogP contribution in [0.1, 0.15) is 16.2 Å². The molecule has 0 heterocycles. The van der Waals surface area contributed by atoms with Crippen molar-refractivity contribution in [3.8, 4) is 0 Å². The van der Waals surface area contributed by atoms with Gasteiger partial charge in [0.25, 0.3) is 0 Å². The molecule has 0 aliphatic carbocycles. The van der Waals surface area contributed by atoms with Gasteiger partial charge in [0.2, 0.25) is 0 Å². The Morgan fingerprint density at radius 1 is 1.62 bits per heavy atom. The van der Waals surface area contributed by atoms with E-state index in [1.807, 2.05) is 0 Å². The maximum absolute atomic E-state index is 9.37. The average Bonchev–Trinajstić information content (AvgIpc) is 1.38. The molecule has 0 rings (SSSR count). The Kier molecular flexibility index (Phi) is 45.8. The second-order valence-corrected chi connectivity index (χ2v) is 0.747. The summed E-state index contributed by atoms with van der Waals surface area (Å²) in [6.07, 6.45) is 0.222. The van der Waals surface area contributed by atoms with Crippen LogP contribution in [0.3, 0.4) is 0 Å². The molecule has 0 saturated carbocycles. The Hall–Kier alpha value is 0.650. The Morgan fingerprint density at radius 2 is 1.75 bits per heavy atom. The molecule has 50 valence electrons. The summed E-state index contributed by atoms with van der Waals surface area (Å²) in [5.74, 6) is -0.745. The minimum atomic E-state index is -0.745. The first-order chi connectivity index (χ1) is 2.27. The van der Waals surface area contributed by atoms with Gasteiger partial charge in [0.1, 0.15) is 0 Å². The first-order valence-electron chi connectivity index (χ1n) is 1.49. The molecule has 5 N–H and O–H groups in total. The molecule has 0 aromatic heterocycles. The molecule has 4 nitrogen and oxygen atoms in total. The zero-order valence-electron chi connectivity index (χ0n) is 6.77. The fraction of sp³-hybridized carbons (Fsp3) is 0.667. The number of aliphatic carboxylic acids is 1. The molecular formula is C3H12CaO4. The van der Waals surface area contributed by atoms with E-state index >= 15 is 0 Å². The predicted octanol–water partition coefficient (Wildman–Crippen LogP) is -1.32. The maximum atomic E-state index is 9.37. The smallest absolute Gasteiger partial charge is 1.00 e. The van der Waals surface area contributed by atoms with Crippen LogP contribution in [-0.2, 0) is 4.79 Å². The molecular weight excluding hydrogens is 140 g/mol. The standard InChI is InChI=1S/C3H6O2.Ca.2H2O.2H/c1-2-3(4)5;;;;;/h2H2,1H3,(H,4,5);;2*1H2;;/q;+2;;;2*-1. The van der Waals surface area contributed by atoms with Crippen LogP contribution in [0.5, 0.6) is 0 Å². The summed E-state index contributed by atoms with van der Waals surface area (Å²) in [7, 11) is 0. The molecule has 0 saturated heterocycles. The van der Waals surface area contributed by atoms with Crippen LogP contribution in [-0.4, -0.2) is 59.8 Å². The predicted molar refractivity (Wildman–Crippen MR) is 33.1 cm³/mol. The zero-order chi connectivity index (χ0) is 4.28. The van der Waals surface area contributed by atoms with Crippen molar-refractivity contribution < 1.29 is 23.7 Å². The van der Waals surface area contributed by atoms with E-state index in [2.05, 4.69) is 0 Å². The third-order valence-electron chi connectivity index (χ3n) is 0.302. The summed E-state index contributed by atoms with van der Waals surface area (Å²) in [6.45, 7) is 1.60. The van der Waals surface area contributed by atoms with Gasteiger partial charge in [-0.15, -0.1) is 0 Å². The average molecular weight is 152 g/mol. The van der Waals surface area contributed by atoms with E-state index in [1.165, 1.54) is 0 Å². The van der Waals surface area contributed by atoms with Crippen LogP contribution >= 0.6 is 0 Å². The summed E-state index contributed by atoms with van der Waals surface area (Å²) in [5.41, 5.74) is 0. The van der Waals surface area contributed by atoms with Gasteiger partial charge in [-0.3, -0.25) is 4.79 Å². The van der Waals surface area contributed by atoms with E-state index < -0.39 is 5.97 Å². The van der Waals surface area contributed by atoms with Crippen molar-refractivity contribution in [2.75, 3.05) is 0 Å². The van der Waals surface area contributed by atoms with Gasteiger partial charge in [0, 0.05) is 6.42 Å². The van der Waals surface area contributed by atoms with Crippen molar-refractivity contribution in [1.29, 1.82) is 0 Å². The van der Waals surface area contributed by atoms with E-state index in [9.17, 15) is 4.79 Å². The Labute approximate surface area is 80.5 Å². The number of hydrogen-bond acceptors (Lipinski definition) is 1. The summed E-state index contributed by atoms with van der Waals surface area (Å²) in [6, 6.07) is 0. The molecule has 0 aromatic carbocycles. The molecule has 8 heavy (non-hydrogen) atoms. The summed E-state index contributed by atoms with van der Waals surface area (Å²) in [4.78, 5) is 9.37. The summed E-state index contributed by atoms with van der Waals surface area (Å²) < 4.78 is 0. The van der Waals surface area contributed by atoms with E-state index in [0.717, 1.165) is 0 Å². The number of hydrogen-bond donors (Lipinski definition) is 1. The summed E-state index contributed by atoms with van der Waals surface area (Å²) >= 11 is 0. The quantitative estimate of drug-likeness (QED) is 0.471. The molecule has 0 fully saturated rings. The summed E-state index contributed by atoms with van der Waals surface area (Å²) in [5, 5.41) is 7.72. The zero-order valence-corrected chi connectivity index (χ0v) is 6.98. The molecule has 0 radical (unpaired) electrons. The van der Waals surface area contributed by atoms with Crippen LogP contribution < -0.4 is 0 Å².